The zero-order valence-corrected chi connectivity index (χ0v) is 21.2. The minimum atomic E-state index is -2.63. The first-order valence-electron chi connectivity index (χ1n) is 12.9. The molecular formula is C27H35N3O7. The molecule has 0 aromatic heterocycles. The Labute approximate surface area is 215 Å². The van der Waals surface area contributed by atoms with Gasteiger partial charge in [-0.15, -0.1) is 0 Å². The Morgan fingerprint density at radius 1 is 1.16 bits per heavy atom. The number of aliphatic hydroxyl groups excluding tert-OH is 2. The number of benzene rings is 1. The number of aromatic hydroxyl groups is 1. The molecule has 3 aliphatic carbocycles. The number of ketones is 2. The quantitative estimate of drug-likeness (QED) is 0.352. The molecule has 6 N–H and O–H groups in total. The number of piperidine rings is 1. The smallest absolute Gasteiger partial charge is 0.230 e. The highest BCUT2D eigenvalue weighted by atomic mass is 16.3. The Morgan fingerprint density at radius 3 is 2.46 bits per heavy atom. The monoisotopic (exact) mass is 513 g/mol. The zero-order chi connectivity index (χ0) is 26.8. The van der Waals surface area contributed by atoms with Gasteiger partial charge < -0.3 is 31.1 Å². The topological polar surface area (TPSA) is 165 Å². The van der Waals surface area contributed by atoms with E-state index in [0.717, 1.165) is 37.1 Å². The number of nitrogens with two attached hydrogens (primary N) is 1. The van der Waals surface area contributed by atoms with Crippen LogP contribution in [0.3, 0.4) is 0 Å². The summed E-state index contributed by atoms with van der Waals surface area (Å²) in [7, 11) is 3.28. The summed E-state index contributed by atoms with van der Waals surface area (Å²) in [5.41, 5.74) is 4.50. The molecule has 3 fully saturated rings. The summed E-state index contributed by atoms with van der Waals surface area (Å²) in [6.45, 7) is 2.58. The van der Waals surface area contributed by atoms with Crippen LogP contribution in [0.2, 0.25) is 0 Å². The summed E-state index contributed by atoms with van der Waals surface area (Å²) in [4.78, 5) is 43.3. The van der Waals surface area contributed by atoms with Gasteiger partial charge in [-0.3, -0.25) is 19.3 Å². The highest BCUT2D eigenvalue weighted by Crippen LogP contribution is 2.52. The minimum Gasteiger partial charge on any atom is -0.507 e. The van der Waals surface area contributed by atoms with Gasteiger partial charge in [0.2, 0.25) is 11.7 Å². The molecular weight excluding hydrogens is 478 g/mol. The Balaban J connectivity index is 1.62. The predicted octanol–water partition coefficient (Wildman–Crippen LogP) is 0.115. The van der Waals surface area contributed by atoms with Crippen LogP contribution >= 0.6 is 0 Å². The molecule has 6 atom stereocenters. The Bertz CT molecular complexity index is 1190. The molecule has 0 radical (unpaired) electrons. The molecule has 10 nitrogen and oxygen atoms in total. The molecule has 0 spiro atoms. The fraction of sp³-hybridized carbons (Fsp3) is 0.593. The van der Waals surface area contributed by atoms with Crippen LogP contribution in [0.4, 0.5) is 0 Å². The maximum absolute atomic E-state index is 13.9. The third-order valence-electron chi connectivity index (χ3n) is 8.91. The zero-order valence-electron chi connectivity index (χ0n) is 21.2. The van der Waals surface area contributed by atoms with Gasteiger partial charge in [0.1, 0.15) is 17.4 Å². The summed E-state index contributed by atoms with van der Waals surface area (Å²) in [5.74, 6) is -7.22. The lowest BCUT2D eigenvalue weighted by Gasteiger charge is -2.53. The van der Waals surface area contributed by atoms with Crippen LogP contribution < -0.4 is 5.73 Å². The van der Waals surface area contributed by atoms with Crippen molar-refractivity contribution >= 4 is 23.2 Å². The fourth-order valence-corrected chi connectivity index (χ4v) is 7.18. The minimum absolute atomic E-state index is 0.122. The van der Waals surface area contributed by atoms with Gasteiger partial charge >= 0.3 is 0 Å². The van der Waals surface area contributed by atoms with Crippen molar-refractivity contribution in [1.82, 2.24) is 9.80 Å². The summed E-state index contributed by atoms with van der Waals surface area (Å²) >= 11 is 0. The van der Waals surface area contributed by atoms with Crippen molar-refractivity contribution in [1.29, 1.82) is 0 Å². The number of Topliss-reactive ketones (excluding diaryl/α,β-unsaturated/α-hetero) is 2. The number of nitrogens with zero attached hydrogens (tertiary/aromatic N) is 2. The molecule has 1 aromatic rings. The van der Waals surface area contributed by atoms with Crippen LogP contribution in [0.1, 0.15) is 42.4 Å². The lowest BCUT2D eigenvalue weighted by atomic mass is 9.54. The van der Waals surface area contributed by atoms with Gasteiger partial charge in [0.15, 0.2) is 11.4 Å². The first-order valence-corrected chi connectivity index (χ1v) is 12.9. The van der Waals surface area contributed by atoms with E-state index in [1.165, 1.54) is 12.5 Å². The van der Waals surface area contributed by atoms with Crippen LogP contribution in [0.15, 0.2) is 17.7 Å². The number of aliphatic hydroxyl groups is 3. The number of hydrogen-bond acceptors (Lipinski definition) is 9. The van der Waals surface area contributed by atoms with Crippen LogP contribution in [-0.4, -0.2) is 92.6 Å². The van der Waals surface area contributed by atoms with Crippen molar-refractivity contribution < 1.29 is 34.8 Å². The predicted molar refractivity (Wildman–Crippen MR) is 133 cm³/mol. The number of primary amides is 1. The SMILES string of the molecule is CN(C)[C@H]1C(O)C(C(N)=O)C(=O)[C@]2(O)C(=O)C3=C(O)c4c(O)ccc(CN5CCCCC5)c4C[C@@H]3C[C@H]12. The maximum Gasteiger partial charge on any atom is 0.230 e. The van der Waals surface area contributed by atoms with E-state index in [-0.39, 0.29) is 23.3 Å². The van der Waals surface area contributed by atoms with E-state index in [2.05, 4.69) is 4.90 Å². The van der Waals surface area contributed by atoms with Crippen molar-refractivity contribution in [3.8, 4) is 5.75 Å². The Kier molecular flexibility index (Phi) is 6.42. The first kappa shape index (κ1) is 25.8. The Hall–Kier alpha value is -2.79. The third kappa shape index (κ3) is 3.80. The normalized spacial score (nSPS) is 34.2. The molecule has 1 saturated heterocycles. The van der Waals surface area contributed by atoms with Crippen LogP contribution in [0.25, 0.3) is 5.76 Å². The van der Waals surface area contributed by atoms with E-state index in [4.69, 9.17) is 5.73 Å². The molecule has 1 heterocycles. The lowest BCUT2D eigenvalue weighted by molar-refractivity contribution is -0.184. The number of amides is 1. The standard InChI is InChI=1S/C27H35N3O7/c1-29(2)21-16-11-14-10-15-13(12-30-8-4-3-5-9-30)6-7-17(31)19(15)22(32)18(14)24(34)27(16,37)25(35)20(23(21)33)26(28)36/h6-7,14,16,20-21,23,31-33,37H,3-5,8-12H2,1-2H3,(H2,28,36)/t14-,16-,20?,21-,23?,27-/m1/s1. The molecule has 37 heavy (non-hydrogen) atoms. The van der Waals surface area contributed by atoms with Gasteiger partial charge in [0, 0.05) is 24.1 Å². The molecule has 1 aliphatic heterocycles. The second kappa shape index (κ2) is 9.20. The average Bonchev–Trinajstić information content (AvgIpc) is 2.83. The maximum atomic E-state index is 13.9. The number of phenols is 1. The molecule has 4 aliphatic rings. The molecule has 1 aromatic carbocycles. The summed E-state index contributed by atoms with van der Waals surface area (Å²) in [5, 5.41) is 44.7. The number of fused-ring (bicyclic) bond motifs is 3. The van der Waals surface area contributed by atoms with E-state index in [1.807, 2.05) is 6.07 Å². The van der Waals surface area contributed by atoms with E-state index in [1.54, 1.807) is 19.0 Å². The van der Waals surface area contributed by atoms with E-state index in [9.17, 15) is 34.8 Å². The number of carbonyl (C=O) groups excluding carboxylic acids is 3. The number of rotatable bonds is 4. The highest BCUT2D eigenvalue weighted by molar-refractivity contribution is 6.25. The van der Waals surface area contributed by atoms with E-state index >= 15 is 0 Å². The molecule has 5 rings (SSSR count). The molecule has 2 saturated carbocycles. The number of hydrogen-bond donors (Lipinski definition) is 5. The molecule has 2 unspecified atom stereocenters. The second-order valence-corrected chi connectivity index (χ2v) is 11.2. The number of likely N-dealkylation sites (tertiary alicyclic amines) is 1. The Morgan fingerprint density at radius 2 is 1.84 bits per heavy atom. The van der Waals surface area contributed by atoms with Crippen molar-refractivity contribution in [2.75, 3.05) is 27.2 Å². The molecule has 1 amide bonds. The fourth-order valence-electron chi connectivity index (χ4n) is 7.18. The molecule has 200 valence electrons. The lowest BCUT2D eigenvalue weighted by Crippen LogP contribution is -2.73. The van der Waals surface area contributed by atoms with Crippen LogP contribution in [-0.2, 0) is 27.3 Å². The van der Waals surface area contributed by atoms with Crippen molar-refractivity contribution in [3.63, 3.8) is 0 Å². The van der Waals surface area contributed by atoms with Gasteiger partial charge in [-0.1, -0.05) is 12.5 Å². The average molecular weight is 514 g/mol. The van der Waals surface area contributed by atoms with E-state index in [0.29, 0.717) is 13.0 Å². The van der Waals surface area contributed by atoms with Crippen molar-refractivity contribution in [2.45, 2.75) is 56.4 Å². The molecule has 10 heteroatoms. The van der Waals surface area contributed by atoms with Crippen molar-refractivity contribution in [2.24, 2.45) is 23.5 Å². The van der Waals surface area contributed by atoms with Gasteiger partial charge in [0.05, 0.1) is 11.7 Å². The van der Waals surface area contributed by atoms with Crippen LogP contribution in [0.5, 0.6) is 5.75 Å². The van der Waals surface area contributed by atoms with Gasteiger partial charge in [0.25, 0.3) is 0 Å². The largest absolute Gasteiger partial charge is 0.507 e. The van der Waals surface area contributed by atoms with Crippen molar-refractivity contribution in [3.05, 3.63) is 34.4 Å². The summed E-state index contributed by atoms with van der Waals surface area (Å²) < 4.78 is 0. The highest BCUT2D eigenvalue weighted by Gasteiger charge is 2.67. The summed E-state index contributed by atoms with van der Waals surface area (Å²) in [6.07, 6.45) is 2.38. The van der Waals surface area contributed by atoms with Gasteiger partial charge in [-0.2, -0.15) is 0 Å². The first-order chi connectivity index (χ1) is 17.5. The number of carbonyl (C=O) groups is 3. The van der Waals surface area contributed by atoms with Gasteiger partial charge in [-0.25, -0.2) is 0 Å². The number of phenolic OH excluding ortho intramolecular Hbond substituents is 1. The van der Waals surface area contributed by atoms with Gasteiger partial charge in [-0.05, 0) is 76.0 Å². The molecule has 0 bridgehead atoms. The van der Waals surface area contributed by atoms with E-state index < -0.39 is 58.7 Å². The van der Waals surface area contributed by atoms with Crippen LogP contribution in [0, 0.1) is 17.8 Å². The summed E-state index contributed by atoms with van der Waals surface area (Å²) in [6, 6.07) is 2.44. The number of likely N-dealkylation sites (N-methyl/N-ethyl adjacent to an activating group) is 1. The third-order valence-corrected chi connectivity index (χ3v) is 8.91. The second-order valence-electron chi connectivity index (χ2n) is 11.2.